The van der Waals surface area contributed by atoms with E-state index >= 15 is 0 Å². The van der Waals surface area contributed by atoms with Crippen LogP contribution in [-0.4, -0.2) is 42.4 Å². The van der Waals surface area contributed by atoms with Gasteiger partial charge in [0.1, 0.15) is 0 Å². The Morgan fingerprint density at radius 2 is 1.71 bits per heavy atom. The van der Waals surface area contributed by atoms with E-state index in [1.807, 2.05) is 42.5 Å². The summed E-state index contributed by atoms with van der Waals surface area (Å²) in [5, 5.41) is 11.5. The lowest BCUT2D eigenvalue weighted by Gasteiger charge is -2.13. The van der Waals surface area contributed by atoms with Crippen LogP contribution >= 0.6 is 12.2 Å². The van der Waals surface area contributed by atoms with Crippen LogP contribution in [0.1, 0.15) is 5.56 Å². The quantitative estimate of drug-likeness (QED) is 0.479. The van der Waals surface area contributed by atoms with Gasteiger partial charge in [-0.05, 0) is 36.0 Å². The Bertz CT molecular complexity index is 1030. The number of nitrogens with zero attached hydrogens (tertiary/aromatic N) is 3. The zero-order chi connectivity index (χ0) is 19.9. The predicted octanol–water partition coefficient (Wildman–Crippen LogP) is 4.18. The molecule has 0 fully saturated rings. The molecule has 0 spiro atoms. The number of methoxy groups -OCH3 is 3. The summed E-state index contributed by atoms with van der Waals surface area (Å²) in [6.07, 6.45) is 5.44. The minimum Gasteiger partial charge on any atom is -0.493 e. The van der Waals surface area contributed by atoms with Gasteiger partial charge in [-0.2, -0.15) is 14.9 Å². The Morgan fingerprint density at radius 1 is 1.04 bits per heavy atom. The van der Waals surface area contributed by atoms with Gasteiger partial charge in [0.15, 0.2) is 17.3 Å². The predicted molar refractivity (Wildman–Crippen MR) is 112 cm³/mol. The summed E-state index contributed by atoms with van der Waals surface area (Å²) in [4.78, 5) is 0. The minimum atomic E-state index is 0.369. The third-order valence-electron chi connectivity index (χ3n) is 3.93. The average Bonchev–Trinajstić information content (AvgIpc) is 3.11. The first-order valence-electron chi connectivity index (χ1n) is 8.41. The van der Waals surface area contributed by atoms with Crippen LogP contribution < -0.4 is 14.2 Å². The fourth-order valence-corrected chi connectivity index (χ4v) is 2.80. The second kappa shape index (κ2) is 9.01. The molecule has 0 saturated carbocycles. The largest absolute Gasteiger partial charge is 0.493 e. The SMILES string of the molecule is COc1cc(-c2n[nH]c(=S)n2/N=C\C=C\c2ccccc2)cc(OC)c1OC. The Morgan fingerprint density at radius 3 is 2.32 bits per heavy atom. The molecule has 2 aromatic carbocycles. The number of allylic oxidation sites excluding steroid dienone is 1. The molecule has 0 radical (unpaired) electrons. The molecule has 1 N–H and O–H groups in total. The van der Waals surface area contributed by atoms with E-state index in [1.165, 1.54) is 4.68 Å². The van der Waals surface area contributed by atoms with Gasteiger partial charge >= 0.3 is 0 Å². The van der Waals surface area contributed by atoms with Gasteiger partial charge in [-0.25, -0.2) is 5.10 Å². The highest BCUT2D eigenvalue weighted by Gasteiger charge is 2.17. The van der Waals surface area contributed by atoms with Gasteiger partial charge in [0.25, 0.3) is 0 Å². The van der Waals surface area contributed by atoms with Crippen LogP contribution in [0, 0.1) is 4.77 Å². The Balaban J connectivity index is 1.96. The third kappa shape index (κ3) is 4.12. The highest BCUT2D eigenvalue weighted by atomic mass is 32.1. The highest BCUT2D eigenvalue weighted by Crippen LogP contribution is 2.40. The second-order valence-corrected chi connectivity index (χ2v) is 6.00. The van der Waals surface area contributed by atoms with Gasteiger partial charge in [-0.15, -0.1) is 0 Å². The van der Waals surface area contributed by atoms with Crippen molar-refractivity contribution in [1.82, 2.24) is 14.9 Å². The lowest BCUT2D eigenvalue weighted by atomic mass is 10.1. The lowest BCUT2D eigenvalue weighted by Crippen LogP contribution is -1.98. The summed E-state index contributed by atoms with van der Waals surface area (Å²) in [5.41, 5.74) is 1.79. The van der Waals surface area contributed by atoms with Crippen LogP contribution in [0.4, 0.5) is 0 Å². The lowest BCUT2D eigenvalue weighted by molar-refractivity contribution is 0.324. The molecule has 0 aliphatic carbocycles. The van der Waals surface area contributed by atoms with Crippen molar-refractivity contribution in [2.45, 2.75) is 0 Å². The molecule has 7 nitrogen and oxygen atoms in total. The molecule has 28 heavy (non-hydrogen) atoms. The molecule has 3 rings (SSSR count). The van der Waals surface area contributed by atoms with Crippen LogP contribution in [0.15, 0.2) is 53.6 Å². The fraction of sp³-hybridized carbons (Fsp3) is 0.150. The summed E-state index contributed by atoms with van der Waals surface area (Å²) in [6.45, 7) is 0. The Labute approximate surface area is 167 Å². The van der Waals surface area contributed by atoms with Crippen LogP contribution in [0.3, 0.4) is 0 Å². The molecule has 1 aromatic heterocycles. The van der Waals surface area contributed by atoms with Crippen LogP contribution in [0.25, 0.3) is 17.5 Å². The molecule has 0 atom stereocenters. The first-order valence-corrected chi connectivity index (χ1v) is 8.82. The number of hydrogen-bond donors (Lipinski definition) is 1. The summed E-state index contributed by atoms with van der Waals surface area (Å²) in [6, 6.07) is 13.5. The highest BCUT2D eigenvalue weighted by molar-refractivity contribution is 7.71. The number of aromatic nitrogens is 3. The summed E-state index contributed by atoms with van der Waals surface area (Å²) in [7, 11) is 4.68. The number of rotatable bonds is 7. The topological polar surface area (TPSA) is 73.7 Å². The average molecular weight is 396 g/mol. The van der Waals surface area contributed by atoms with Gasteiger partial charge < -0.3 is 14.2 Å². The molecular formula is C20H20N4O3S. The standard InChI is InChI=1S/C20H20N4O3S/c1-25-16-12-15(13-17(26-2)18(16)27-3)19-22-23-20(28)24(19)21-11-7-10-14-8-5-4-6-9-14/h4-13H,1-3H3,(H,23,28)/b10-7+,21-11-. The monoisotopic (exact) mass is 396 g/mol. The maximum Gasteiger partial charge on any atom is 0.216 e. The van der Waals surface area contributed by atoms with E-state index in [0.29, 0.717) is 33.4 Å². The summed E-state index contributed by atoms with van der Waals surface area (Å²) in [5.74, 6) is 2.06. The molecule has 0 unspecified atom stereocenters. The minimum absolute atomic E-state index is 0.369. The molecule has 0 bridgehead atoms. The van der Waals surface area contributed by atoms with Crippen molar-refractivity contribution >= 4 is 24.5 Å². The first-order chi connectivity index (χ1) is 13.7. The molecule has 3 aromatic rings. The smallest absolute Gasteiger partial charge is 0.216 e. The molecule has 8 heteroatoms. The van der Waals surface area contributed by atoms with Crippen LogP contribution in [0.5, 0.6) is 17.2 Å². The second-order valence-electron chi connectivity index (χ2n) is 5.61. The zero-order valence-electron chi connectivity index (χ0n) is 15.7. The summed E-state index contributed by atoms with van der Waals surface area (Å²) < 4.78 is 18.1. The zero-order valence-corrected chi connectivity index (χ0v) is 16.6. The number of nitrogens with one attached hydrogen (secondary N) is 1. The fourth-order valence-electron chi connectivity index (χ4n) is 2.62. The van der Waals surface area contributed by atoms with Crippen molar-refractivity contribution in [3.05, 3.63) is 58.9 Å². The van der Waals surface area contributed by atoms with Gasteiger partial charge in [-0.3, -0.25) is 0 Å². The Hall–Kier alpha value is -3.39. The van der Waals surface area contributed by atoms with E-state index < -0.39 is 0 Å². The normalized spacial score (nSPS) is 11.2. The van der Waals surface area contributed by atoms with E-state index in [0.717, 1.165) is 5.56 Å². The molecule has 0 aliphatic heterocycles. The van der Waals surface area contributed by atoms with Gasteiger partial charge in [-0.1, -0.05) is 36.4 Å². The number of benzene rings is 2. The molecule has 0 amide bonds. The van der Waals surface area contributed by atoms with Crippen molar-refractivity contribution in [3.63, 3.8) is 0 Å². The van der Waals surface area contributed by atoms with Crippen LogP contribution in [-0.2, 0) is 0 Å². The van der Waals surface area contributed by atoms with E-state index in [1.54, 1.807) is 39.7 Å². The van der Waals surface area contributed by atoms with Gasteiger partial charge in [0.05, 0.1) is 21.3 Å². The molecular weight excluding hydrogens is 376 g/mol. The number of aromatic amines is 1. The number of hydrogen-bond acceptors (Lipinski definition) is 6. The van der Waals surface area contributed by atoms with Crippen molar-refractivity contribution in [2.24, 2.45) is 5.10 Å². The molecule has 1 heterocycles. The van der Waals surface area contributed by atoms with Gasteiger partial charge in [0, 0.05) is 11.8 Å². The number of ether oxygens (including phenoxy) is 3. The third-order valence-corrected chi connectivity index (χ3v) is 4.19. The van der Waals surface area contributed by atoms with Crippen LogP contribution in [0.2, 0.25) is 0 Å². The maximum atomic E-state index is 5.41. The van der Waals surface area contributed by atoms with E-state index in [9.17, 15) is 0 Å². The van der Waals surface area contributed by atoms with E-state index in [2.05, 4.69) is 15.3 Å². The first kappa shape index (κ1) is 19.4. The maximum absolute atomic E-state index is 5.41. The molecule has 0 aliphatic rings. The van der Waals surface area contributed by atoms with E-state index in [4.69, 9.17) is 26.4 Å². The number of H-pyrrole nitrogens is 1. The van der Waals surface area contributed by atoms with Gasteiger partial charge in [0.2, 0.25) is 10.5 Å². The molecule has 144 valence electrons. The van der Waals surface area contributed by atoms with Crippen molar-refractivity contribution in [3.8, 4) is 28.6 Å². The Kier molecular flexibility index (Phi) is 6.23. The molecule has 0 saturated heterocycles. The summed E-state index contributed by atoms with van der Waals surface area (Å²) >= 11 is 5.31. The van der Waals surface area contributed by atoms with Crippen molar-refractivity contribution in [2.75, 3.05) is 21.3 Å². The van der Waals surface area contributed by atoms with Crippen molar-refractivity contribution < 1.29 is 14.2 Å². The van der Waals surface area contributed by atoms with Crippen molar-refractivity contribution in [1.29, 1.82) is 0 Å². The van der Waals surface area contributed by atoms with E-state index in [-0.39, 0.29) is 0 Å².